The fourth-order valence-corrected chi connectivity index (χ4v) is 2.19. The van der Waals surface area contributed by atoms with E-state index in [0.29, 0.717) is 22.3 Å². The number of furan rings is 1. The smallest absolute Gasteiger partial charge is 0.347 e. The van der Waals surface area contributed by atoms with Gasteiger partial charge in [0.2, 0.25) is 0 Å². The average molecular weight is 293 g/mol. The van der Waals surface area contributed by atoms with E-state index in [4.69, 9.17) is 14.4 Å². The van der Waals surface area contributed by atoms with Gasteiger partial charge < -0.3 is 14.3 Å². The first kappa shape index (κ1) is 13.7. The number of rotatable bonds is 2. The summed E-state index contributed by atoms with van der Waals surface area (Å²) in [4.78, 5) is 12.2. The number of aromatic hydroxyl groups is 1. The Kier molecular flexibility index (Phi) is 3.28. The van der Waals surface area contributed by atoms with Crippen LogP contribution in [0.15, 0.2) is 46.9 Å². The summed E-state index contributed by atoms with van der Waals surface area (Å²) in [5.74, 6) is -0.0975. The van der Waals surface area contributed by atoms with E-state index in [1.807, 2.05) is 6.07 Å². The number of benzene rings is 2. The van der Waals surface area contributed by atoms with Crippen LogP contribution in [0, 0.1) is 18.3 Å². The first-order valence-electron chi connectivity index (χ1n) is 6.53. The Morgan fingerprint density at radius 1 is 1.27 bits per heavy atom. The summed E-state index contributed by atoms with van der Waals surface area (Å²) in [5.41, 5.74) is 0.787. The van der Waals surface area contributed by atoms with Crippen LogP contribution in [0.3, 0.4) is 0 Å². The number of phenols is 1. The van der Waals surface area contributed by atoms with E-state index in [1.54, 1.807) is 31.2 Å². The molecule has 2 aromatic carbocycles. The molecule has 0 saturated carbocycles. The van der Waals surface area contributed by atoms with Crippen molar-refractivity contribution in [2.75, 3.05) is 0 Å². The van der Waals surface area contributed by atoms with Crippen LogP contribution in [0.4, 0.5) is 0 Å². The molecule has 0 fully saturated rings. The van der Waals surface area contributed by atoms with Crippen molar-refractivity contribution in [3.8, 4) is 17.6 Å². The van der Waals surface area contributed by atoms with E-state index < -0.39 is 5.97 Å². The molecule has 0 spiro atoms. The van der Waals surface area contributed by atoms with Gasteiger partial charge in [-0.2, -0.15) is 5.26 Å². The van der Waals surface area contributed by atoms with Crippen molar-refractivity contribution in [3.05, 3.63) is 59.4 Å². The van der Waals surface area contributed by atoms with E-state index in [1.165, 1.54) is 18.2 Å². The standard InChI is InChI=1S/C17H11NO4/c1-10-6-12-7-11(9-18)8-15(16(12)21-10)22-17(20)13-4-2-3-5-14(13)19/h2-8,19H,1H3. The van der Waals surface area contributed by atoms with Crippen LogP contribution in [0.2, 0.25) is 0 Å². The van der Waals surface area contributed by atoms with Gasteiger partial charge in [0.25, 0.3) is 0 Å². The monoisotopic (exact) mass is 293 g/mol. The molecule has 0 aliphatic heterocycles. The Bertz CT molecular complexity index is 918. The molecule has 22 heavy (non-hydrogen) atoms. The van der Waals surface area contributed by atoms with Crippen molar-refractivity contribution >= 4 is 16.9 Å². The third kappa shape index (κ3) is 2.38. The number of carbonyl (C=O) groups excluding carboxylic acids is 1. The Morgan fingerprint density at radius 2 is 2.05 bits per heavy atom. The van der Waals surface area contributed by atoms with E-state index in [2.05, 4.69) is 0 Å². The van der Waals surface area contributed by atoms with Crippen LogP contribution in [0.1, 0.15) is 21.7 Å². The minimum absolute atomic E-state index is 0.0429. The van der Waals surface area contributed by atoms with Crippen LogP contribution >= 0.6 is 0 Å². The first-order valence-corrected chi connectivity index (χ1v) is 6.53. The minimum atomic E-state index is -0.719. The molecule has 5 nitrogen and oxygen atoms in total. The van der Waals surface area contributed by atoms with Crippen LogP contribution in [-0.2, 0) is 0 Å². The predicted molar refractivity (Wildman–Crippen MR) is 78.7 cm³/mol. The molecule has 3 aromatic rings. The quantitative estimate of drug-likeness (QED) is 0.577. The van der Waals surface area contributed by atoms with Gasteiger partial charge in [0.1, 0.15) is 17.1 Å². The zero-order chi connectivity index (χ0) is 15.7. The van der Waals surface area contributed by atoms with Gasteiger partial charge in [-0.05, 0) is 31.2 Å². The maximum Gasteiger partial charge on any atom is 0.347 e. The van der Waals surface area contributed by atoms with Crippen molar-refractivity contribution in [1.82, 2.24) is 0 Å². The molecular formula is C17H11NO4. The maximum absolute atomic E-state index is 12.2. The maximum atomic E-state index is 12.2. The Balaban J connectivity index is 2.05. The number of aryl methyl sites for hydroxylation is 1. The molecule has 0 bridgehead atoms. The fourth-order valence-electron chi connectivity index (χ4n) is 2.19. The highest BCUT2D eigenvalue weighted by atomic mass is 16.5. The zero-order valence-corrected chi connectivity index (χ0v) is 11.7. The second-order valence-corrected chi connectivity index (χ2v) is 4.77. The third-order valence-electron chi connectivity index (χ3n) is 3.16. The summed E-state index contributed by atoms with van der Waals surface area (Å²) in [6.07, 6.45) is 0. The lowest BCUT2D eigenvalue weighted by atomic mass is 10.1. The second kappa shape index (κ2) is 5.26. The van der Waals surface area contributed by atoms with Gasteiger partial charge in [0, 0.05) is 11.5 Å². The normalized spacial score (nSPS) is 10.4. The molecule has 0 atom stereocenters. The van der Waals surface area contributed by atoms with Crippen molar-refractivity contribution < 1.29 is 19.1 Å². The van der Waals surface area contributed by atoms with Gasteiger partial charge >= 0.3 is 5.97 Å². The second-order valence-electron chi connectivity index (χ2n) is 4.77. The van der Waals surface area contributed by atoms with Gasteiger partial charge in [0.15, 0.2) is 11.3 Å². The average Bonchev–Trinajstić information content (AvgIpc) is 2.88. The number of carbonyl (C=O) groups is 1. The number of ether oxygens (including phenoxy) is 1. The molecule has 5 heteroatoms. The lowest BCUT2D eigenvalue weighted by Gasteiger charge is -2.06. The SMILES string of the molecule is Cc1cc2cc(C#N)cc(OC(=O)c3ccccc3O)c2o1. The van der Waals surface area contributed by atoms with Crippen LogP contribution in [0.25, 0.3) is 11.0 Å². The zero-order valence-electron chi connectivity index (χ0n) is 11.7. The highest BCUT2D eigenvalue weighted by Crippen LogP contribution is 2.31. The molecule has 3 rings (SSSR count). The van der Waals surface area contributed by atoms with E-state index in [0.717, 1.165) is 0 Å². The molecule has 0 aliphatic rings. The van der Waals surface area contributed by atoms with Crippen molar-refractivity contribution in [2.45, 2.75) is 6.92 Å². The van der Waals surface area contributed by atoms with Crippen LogP contribution in [-0.4, -0.2) is 11.1 Å². The van der Waals surface area contributed by atoms with Gasteiger partial charge in [-0.15, -0.1) is 0 Å². The number of nitriles is 1. The van der Waals surface area contributed by atoms with Crippen LogP contribution < -0.4 is 4.74 Å². The highest BCUT2D eigenvalue weighted by molar-refractivity contribution is 5.96. The summed E-state index contributed by atoms with van der Waals surface area (Å²) in [6, 6.07) is 12.9. The number of hydrogen-bond acceptors (Lipinski definition) is 5. The molecule has 0 amide bonds. The summed E-state index contributed by atoms with van der Waals surface area (Å²) in [6.45, 7) is 1.76. The molecule has 0 radical (unpaired) electrons. The van der Waals surface area contributed by atoms with E-state index >= 15 is 0 Å². The lowest BCUT2D eigenvalue weighted by Crippen LogP contribution is -2.09. The van der Waals surface area contributed by atoms with Gasteiger partial charge in [-0.1, -0.05) is 12.1 Å². The van der Waals surface area contributed by atoms with E-state index in [9.17, 15) is 9.90 Å². The predicted octanol–water partition coefficient (Wildman–Crippen LogP) is 3.54. The molecule has 1 heterocycles. The number of para-hydroxylation sites is 1. The van der Waals surface area contributed by atoms with Crippen molar-refractivity contribution in [2.24, 2.45) is 0 Å². The Hall–Kier alpha value is -3.26. The molecule has 1 aromatic heterocycles. The highest BCUT2D eigenvalue weighted by Gasteiger charge is 2.17. The number of esters is 1. The molecule has 0 unspecified atom stereocenters. The topological polar surface area (TPSA) is 83.5 Å². The summed E-state index contributed by atoms with van der Waals surface area (Å²) >= 11 is 0. The molecule has 108 valence electrons. The summed E-state index contributed by atoms with van der Waals surface area (Å²) in [5, 5.41) is 19.4. The number of phenolic OH excluding ortho intramolecular Hbond substituents is 1. The van der Waals surface area contributed by atoms with Gasteiger partial charge in [0.05, 0.1) is 11.6 Å². The minimum Gasteiger partial charge on any atom is -0.507 e. The Morgan fingerprint density at radius 3 is 2.77 bits per heavy atom. The van der Waals surface area contributed by atoms with E-state index in [-0.39, 0.29) is 17.1 Å². The Labute approximate surface area is 126 Å². The van der Waals surface area contributed by atoms with Crippen LogP contribution in [0.5, 0.6) is 11.5 Å². The number of hydrogen-bond donors (Lipinski definition) is 1. The third-order valence-corrected chi connectivity index (χ3v) is 3.16. The number of nitrogens with zero attached hydrogens (tertiary/aromatic N) is 1. The largest absolute Gasteiger partial charge is 0.507 e. The van der Waals surface area contributed by atoms with Crippen molar-refractivity contribution in [1.29, 1.82) is 5.26 Å². The summed E-state index contributed by atoms with van der Waals surface area (Å²) in [7, 11) is 0. The molecule has 0 aliphatic carbocycles. The molecule has 0 saturated heterocycles. The van der Waals surface area contributed by atoms with Gasteiger partial charge in [-0.25, -0.2) is 4.79 Å². The fraction of sp³-hybridized carbons (Fsp3) is 0.0588. The molecule has 1 N–H and O–H groups in total. The van der Waals surface area contributed by atoms with Crippen molar-refractivity contribution in [3.63, 3.8) is 0 Å². The first-order chi connectivity index (χ1) is 10.6. The van der Waals surface area contributed by atoms with Gasteiger partial charge in [-0.3, -0.25) is 0 Å². The molecular weight excluding hydrogens is 282 g/mol. The number of fused-ring (bicyclic) bond motifs is 1. The lowest BCUT2D eigenvalue weighted by molar-refractivity contribution is 0.0732. The summed E-state index contributed by atoms with van der Waals surface area (Å²) < 4.78 is 10.8.